The quantitative estimate of drug-likeness (QED) is 0.573. The van der Waals surface area contributed by atoms with Crippen LogP contribution in [0.15, 0.2) is 35.7 Å². The predicted octanol–water partition coefficient (Wildman–Crippen LogP) is 5.11. The van der Waals surface area contributed by atoms with Gasteiger partial charge in [0, 0.05) is 36.1 Å². The van der Waals surface area contributed by atoms with Crippen LogP contribution >= 0.6 is 22.9 Å². The van der Waals surface area contributed by atoms with Gasteiger partial charge in [0.15, 0.2) is 5.15 Å². The Hall–Kier alpha value is -2.03. The fourth-order valence-electron chi connectivity index (χ4n) is 3.09. The van der Waals surface area contributed by atoms with Crippen LogP contribution in [0.5, 0.6) is 0 Å². The van der Waals surface area contributed by atoms with Crippen LogP contribution < -0.4 is 11.1 Å². The number of halogens is 4. The Morgan fingerprint density at radius 1 is 1.32 bits per heavy atom. The van der Waals surface area contributed by atoms with Crippen LogP contribution in [-0.4, -0.2) is 22.4 Å². The monoisotopic (exact) mass is 428 g/mol. The second-order valence-electron chi connectivity index (χ2n) is 6.57. The molecular weight excluding hydrogens is 409 g/mol. The van der Waals surface area contributed by atoms with Gasteiger partial charge >= 0.3 is 6.18 Å². The molecule has 0 aliphatic carbocycles. The van der Waals surface area contributed by atoms with Crippen LogP contribution in [0.1, 0.15) is 16.7 Å². The van der Waals surface area contributed by atoms with Crippen LogP contribution in [0, 0.1) is 6.92 Å². The average molecular weight is 429 g/mol. The van der Waals surface area contributed by atoms with Crippen LogP contribution in [0.25, 0.3) is 11.3 Å². The first-order valence-electron chi connectivity index (χ1n) is 8.59. The Labute approximate surface area is 170 Å². The SMILES string of the molecule is Cc1c(Cl)nn(C)c1-c1csc(N[C@H](CN)Cc2cccc(C(F)(F)F)c2)c1. The molecule has 150 valence electrons. The summed E-state index contributed by atoms with van der Waals surface area (Å²) in [5.41, 5.74) is 8.58. The van der Waals surface area contributed by atoms with Crippen LogP contribution in [0.3, 0.4) is 0 Å². The number of alkyl halides is 3. The number of hydrogen-bond acceptors (Lipinski definition) is 4. The highest BCUT2D eigenvalue weighted by Gasteiger charge is 2.30. The number of nitrogens with one attached hydrogen (secondary N) is 1. The maximum Gasteiger partial charge on any atom is 0.416 e. The van der Waals surface area contributed by atoms with Gasteiger partial charge in [0.1, 0.15) is 0 Å². The van der Waals surface area contributed by atoms with Crippen molar-refractivity contribution < 1.29 is 13.2 Å². The summed E-state index contributed by atoms with van der Waals surface area (Å²) in [6.45, 7) is 2.20. The summed E-state index contributed by atoms with van der Waals surface area (Å²) in [5.74, 6) is 0. The summed E-state index contributed by atoms with van der Waals surface area (Å²) in [5, 5.41) is 10.9. The maximum atomic E-state index is 12.9. The third kappa shape index (κ3) is 4.51. The van der Waals surface area contributed by atoms with Crippen molar-refractivity contribution in [3.05, 3.63) is 57.6 Å². The highest BCUT2D eigenvalue weighted by molar-refractivity contribution is 7.14. The summed E-state index contributed by atoms with van der Waals surface area (Å²) < 4.78 is 40.5. The molecule has 9 heteroatoms. The van der Waals surface area contributed by atoms with Gasteiger partial charge in [-0.2, -0.15) is 18.3 Å². The van der Waals surface area contributed by atoms with Gasteiger partial charge in [0.25, 0.3) is 0 Å². The average Bonchev–Trinajstić information content (AvgIpc) is 3.18. The molecule has 4 nitrogen and oxygen atoms in total. The molecule has 0 fully saturated rings. The van der Waals surface area contributed by atoms with Gasteiger partial charge in [-0.1, -0.05) is 29.8 Å². The molecule has 0 saturated heterocycles. The zero-order chi connectivity index (χ0) is 20.5. The summed E-state index contributed by atoms with van der Waals surface area (Å²) in [6, 6.07) is 7.13. The van der Waals surface area contributed by atoms with Gasteiger partial charge in [-0.25, -0.2) is 0 Å². The standard InChI is InChI=1S/C19H20ClF3N4S/c1-11-17(27(2)26-18(11)20)13-8-16(28-10-13)25-15(9-24)7-12-4-3-5-14(6-12)19(21,22)23/h3-6,8,10,15,25H,7,9,24H2,1-2H3/t15-/m0/s1. The number of benzene rings is 1. The molecule has 0 aliphatic heterocycles. The number of nitrogens with zero attached hydrogens (tertiary/aromatic N) is 2. The van der Waals surface area contributed by atoms with E-state index in [-0.39, 0.29) is 6.04 Å². The van der Waals surface area contributed by atoms with Crippen molar-refractivity contribution in [1.82, 2.24) is 9.78 Å². The second kappa shape index (κ2) is 8.14. The molecule has 0 aliphatic rings. The smallest absolute Gasteiger partial charge is 0.373 e. The van der Waals surface area contributed by atoms with Crippen molar-refractivity contribution in [3.8, 4) is 11.3 Å². The molecule has 28 heavy (non-hydrogen) atoms. The lowest BCUT2D eigenvalue weighted by Crippen LogP contribution is -2.30. The van der Waals surface area contributed by atoms with E-state index in [9.17, 15) is 13.2 Å². The predicted molar refractivity (Wildman–Crippen MR) is 108 cm³/mol. The Balaban J connectivity index is 1.75. The molecule has 1 atom stereocenters. The van der Waals surface area contributed by atoms with E-state index in [2.05, 4.69) is 10.4 Å². The Kier molecular flexibility index (Phi) is 6.02. The van der Waals surface area contributed by atoms with Crippen LogP contribution in [0.4, 0.5) is 18.2 Å². The summed E-state index contributed by atoms with van der Waals surface area (Å²) in [4.78, 5) is 0. The van der Waals surface area contributed by atoms with Gasteiger partial charge in [0.05, 0.1) is 16.3 Å². The lowest BCUT2D eigenvalue weighted by Gasteiger charge is -2.18. The van der Waals surface area contributed by atoms with Crippen molar-refractivity contribution in [2.75, 3.05) is 11.9 Å². The Bertz CT molecular complexity index is 964. The zero-order valence-electron chi connectivity index (χ0n) is 15.3. The first kappa shape index (κ1) is 20.7. The van der Waals surface area contributed by atoms with Gasteiger partial charge in [-0.05, 0) is 31.0 Å². The highest BCUT2D eigenvalue weighted by Crippen LogP contribution is 2.34. The summed E-state index contributed by atoms with van der Waals surface area (Å²) >= 11 is 7.59. The first-order valence-corrected chi connectivity index (χ1v) is 9.85. The van der Waals surface area contributed by atoms with E-state index >= 15 is 0 Å². The largest absolute Gasteiger partial charge is 0.416 e. The topological polar surface area (TPSA) is 55.9 Å². The van der Waals surface area contributed by atoms with Crippen LogP contribution in [0.2, 0.25) is 5.15 Å². The number of nitrogens with two attached hydrogens (primary N) is 1. The third-order valence-corrected chi connectivity index (χ3v) is 5.69. The molecule has 1 aromatic carbocycles. The molecule has 3 N–H and O–H groups in total. The molecule has 3 aromatic rings. The first-order chi connectivity index (χ1) is 13.2. The molecule has 0 saturated carbocycles. The number of aromatic nitrogens is 2. The normalized spacial score (nSPS) is 13.0. The molecule has 0 unspecified atom stereocenters. The van der Waals surface area contributed by atoms with Gasteiger partial charge in [-0.15, -0.1) is 11.3 Å². The van der Waals surface area contributed by atoms with Gasteiger partial charge in [0.2, 0.25) is 0 Å². The number of aryl methyl sites for hydroxylation is 1. The van der Waals surface area contributed by atoms with Crippen molar-refractivity contribution in [1.29, 1.82) is 0 Å². The van der Waals surface area contributed by atoms with E-state index < -0.39 is 11.7 Å². The molecule has 0 bridgehead atoms. The van der Waals surface area contributed by atoms with E-state index in [1.54, 1.807) is 10.7 Å². The van der Waals surface area contributed by atoms with Gasteiger partial charge in [-0.3, -0.25) is 4.68 Å². The van der Waals surface area contributed by atoms with Crippen molar-refractivity contribution >= 4 is 27.9 Å². The summed E-state index contributed by atoms with van der Waals surface area (Å²) in [7, 11) is 1.83. The molecular formula is C19H20ClF3N4S. The molecule has 2 aromatic heterocycles. The Morgan fingerprint density at radius 3 is 2.68 bits per heavy atom. The maximum absolute atomic E-state index is 12.9. The number of hydrogen-bond donors (Lipinski definition) is 2. The molecule has 0 radical (unpaired) electrons. The molecule has 3 rings (SSSR count). The lowest BCUT2D eigenvalue weighted by molar-refractivity contribution is -0.137. The minimum Gasteiger partial charge on any atom is -0.373 e. The zero-order valence-corrected chi connectivity index (χ0v) is 16.9. The van der Waals surface area contributed by atoms with E-state index in [0.29, 0.717) is 23.7 Å². The van der Waals surface area contributed by atoms with E-state index in [0.717, 1.165) is 27.9 Å². The second-order valence-corrected chi connectivity index (χ2v) is 7.84. The van der Waals surface area contributed by atoms with Gasteiger partial charge < -0.3 is 11.1 Å². The van der Waals surface area contributed by atoms with Crippen molar-refractivity contribution in [2.24, 2.45) is 12.8 Å². The van der Waals surface area contributed by atoms with Crippen LogP contribution in [-0.2, 0) is 19.6 Å². The third-order valence-electron chi connectivity index (χ3n) is 4.47. The molecule has 2 heterocycles. The van der Waals surface area contributed by atoms with E-state index in [1.165, 1.54) is 23.5 Å². The lowest BCUT2D eigenvalue weighted by atomic mass is 10.0. The highest BCUT2D eigenvalue weighted by atomic mass is 35.5. The minimum absolute atomic E-state index is 0.189. The van der Waals surface area contributed by atoms with Crippen molar-refractivity contribution in [3.63, 3.8) is 0 Å². The molecule has 0 amide bonds. The van der Waals surface area contributed by atoms with E-state index in [4.69, 9.17) is 17.3 Å². The van der Waals surface area contributed by atoms with Crippen molar-refractivity contribution in [2.45, 2.75) is 25.6 Å². The number of rotatable bonds is 6. The number of thiophene rings is 1. The molecule has 0 spiro atoms. The fourth-order valence-corrected chi connectivity index (χ4v) is 4.16. The minimum atomic E-state index is -4.35. The Morgan fingerprint density at radius 2 is 2.07 bits per heavy atom. The van der Waals surface area contributed by atoms with E-state index in [1.807, 2.05) is 25.4 Å². The summed E-state index contributed by atoms with van der Waals surface area (Å²) in [6.07, 6.45) is -3.96. The number of anilines is 1. The fraction of sp³-hybridized carbons (Fsp3) is 0.316.